The third-order valence-electron chi connectivity index (χ3n) is 2.75. The molecule has 1 fully saturated rings. The van der Waals surface area contributed by atoms with Crippen molar-refractivity contribution in [1.29, 1.82) is 0 Å². The molecule has 1 aliphatic rings. The summed E-state index contributed by atoms with van der Waals surface area (Å²) in [5.41, 5.74) is 8.50. The smallest absolute Gasteiger partial charge is 0.303 e. The molecule has 0 radical (unpaired) electrons. The molecule has 4 atom stereocenters. The van der Waals surface area contributed by atoms with Crippen molar-refractivity contribution >= 4 is 17.9 Å². The molecule has 22 heavy (non-hydrogen) atoms. The molecule has 10 nitrogen and oxygen atoms in total. The highest BCUT2D eigenvalue weighted by Crippen LogP contribution is 2.27. The third-order valence-corrected chi connectivity index (χ3v) is 2.75. The van der Waals surface area contributed by atoms with Crippen LogP contribution >= 0.6 is 0 Å². The number of azide groups is 1. The van der Waals surface area contributed by atoms with Crippen molar-refractivity contribution in [3.63, 3.8) is 0 Å². The summed E-state index contributed by atoms with van der Waals surface area (Å²) in [6.45, 7) is 3.36. The second kappa shape index (κ2) is 8.20. The highest BCUT2D eigenvalue weighted by molar-refractivity contribution is 5.67. The molecule has 1 aliphatic heterocycles. The Bertz CT molecular complexity index is 489. The molecule has 10 heteroatoms. The zero-order valence-electron chi connectivity index (χ0n) is 12.4. The molecule has 4 unspecified atom stereocenters. The van der Waals surface area contributed by atoms with Gasteiger partial charge in [-0.15, -0.1) is 0 Å². The molecule has 122 valence electrons. The molecule has 0 bridgehead atoms. The molecule has 0 amide bonds. The minimum atomic E-state index is -0.967. The van der Waals surface area contributed by atoms with Crippen LogP contribution in [-0.2, 0) is 33.3 Å². The molecule has 1 saturated heterocycles. The van der Waals surface area contributed by atoms with Crippen LogP contribution in [0.3, 0.4) is 0 Å². The summed E-state index contributed by atoms with van der Waals surface area (Å²) in [7, 11) is 0. The van der Waals surface area contributed by atoms with Crippen LogP contribution in [0.1, 0.15) is 27.2 Å². The molecule has 0 N–H and O–H groups in total. The lowest BCUT2D eigenvalue weighted by molar-refractivity contribution is -0.214. The summed E-state index contributed by atoms with van der Waals surface area (Å²) < 4.78 is 20.5. The molecule has 0 spiro atoms. The first-order chi connectivity index (χ1) is 10.3. The standard InChI is InChI=1S/C12H17N3O7/c1-6(16)19-5-10-12(21-8(3)18)9(20-7(2)17)4-11(22-10)14-15-13/h9-12H,4-5H2,1-3H3. The highest BCUT2D eigenvalue weighted by atomic mass is 16.6. The normalized spacial score (nSPS) is 27.2. The largest absolute Gasteiger partial charge is 0.463 e. The first-order valence-electron chi connectivity index (χ1n) is 6.51. The summed E-state index contributed by atoms with van der Waals surface area (Å²) in [5.74, 6) is -1.75. The molecular formula is C12H17N3O7. The Hall–Kier alpha value is -2.32. The van der Waals surface area contributed by atoms with Gasteiger partial charge in [-0.3, -0.25) is 14.4 Å². The maximum absolute atomic E-state index is 11.2. The van der Waals surface area contributed by atoms with Crippen molar-refractivity contribution in [2.45, 2.75) is 51.7 Å². The van der Waals surface area contributed by atoms with E-state index < -0.39 is 42.4 Å². The van der Waals surface area contributed by atoms with Crippen molar-refractivity contribution in [3.05, 3.63) is 10.4 Å². The van der Waals surface area contributed by atoms with Crippen molar-refractivity contribution in [2.75, 3.05) is 6.61 Å². The van der Waals surface area contributed by atoms with Crippen molar-refractivity contribution in [3.8, 4) is 0 Å². The number of nitrogens with zero attached hydrogens (tertiary/aromatic N) is 3. The number of hydrogen-bond donors (Lipinski definition) is 0. The van der Waals surface area contributed by atoms with Crippen molar-refractivity contribution in [1.82, 2.24) is 0 Å². The number of carbonyl (C=O) groups is 3. The molecule has 1 heterocycles. The van der Waals surface area contributed by atoms with Crippen LogP contribution in [0.4, 0.5) is 0 Å². The van der Waals surface area contributed by atoms with Gasteiger partial charge in [-0.05, 0) is 5.53 Å². The number of esters is 3. The number of carbonyl (C=O) groups excluding carboxylic acids is 3. The Morgan fingerprint density at radius 2 is 1.82 bits per heavy atom. The van der Waals surface area contributed by atoms with Crippen LogP contribution in [0.2, 0.25) is 0 Å². The average Bonchev–Trinajstić information content (AvgIpc) is 2.38. The topological polar surface area (TPSA) is 137 Å². The van der Waals surface area contributed by atoms with Gasteiger partial charge >= 0.3 is 17.9 Å². The van der Waals surface area contributed by atoms with Gasteiger partial charge in [-0.2, -0.15) is 0 Å². The van der Waals surface area contributed by atoms with Crippen LogP contribution in [0.25, 0.3) is 10.4 Å². The first kappa shape index (κ1) is 17.7. The Labute approximate surface area is 126 Å². The summed E-state index contributed by atoms with van der Waals surface area (Å²) in [6, 6.07) is 0. The average molecular weight is 315 g/mol. The molecule has 0 saturated carbocycles. The minimum Gasteiger partial charge on any atom is -0.463 e. The van der Waals surface area contributed by atoms with Gasteiger partial charge in [0.25, 0.3) is 0 Å². The summed E-state index contributed by atoms with van der Waals surface area (Å²) in [6.07, 6.45) is -3.65. The van der Waals surface area contributed by atoms with Crippen LogP contribution < -0.4 is 0 Å². The second-order valence-corrected chi connectivity index (χ2v) is 4.59. The molecular weight excluding hydrogens is 298 g/mol. The van der Waals surface area contributed by atoms with Gasteiger partial charge in [0.15, 0.2) is 6.10 Å². The van der Waals surface area contributed by atoms with E-state index in [0.29, 0.717) is 0 Å². The van der Waals surface area contributed by atoms with Gasteiger partial charge in [0, 0.05) is 32.1 Å². The van der Waals surface area contributed by atoms with Crippen molar-refractivity contribution < 1.29 is 33.3 Å². The predicted octanol–water partition coefficient (Wildman–Crippen LogP) is 0.838. The highest BCUT2D eigenvalue weighted by Gasteiger charge is 2.43. The Balaban J connectivity index is 2.96. The SMILES string of the molecule is CC(=O)OCC1OC(N=[N+]=[N-])CC(OC(C)=O)C1OC(C)=O. The van der Waals surface area contributed by atoms with Crippen LogP contribution in [0.15, 0.2) is 5.11 Å². The summed E-state index contributed by atoms with van der Waals surface area (Å²) in [4.78, 5) is 36.0. The van der Waals surface area contributed by atoms with E-state index in [1.165, 1.54) is 20.8 Å². The lowest BCUT2D eigenvalue weighted by Crippen LogP contribution is -2.53. The van der Waals surface area contributed by atoms with E-state index in [2.05, 4.69) is 10.0 Å². The lowest BCUT2D eigenvalue weighted by atomic mass is 10.0. The maximum atomic E-state index is 11.2. The van der Waals surface area contributed by atoms with E-state index in [9.17, 15) is 14.4 Å². The number of ether oxygens (including phenoxy) is 4. The summed E-state index contributed by atoms with van der Waals surface area (Å²) in [5, 5.41) is 3.42. The summed E-state index contributed by atoms with van der Waals surface area (Å²) >= 11 is 0. The molecule has 0 aromatic carbocycles. The van der Waals surface area contributed by atoms with E-state index >= 15 is 0 Å². The van der Waals surface area contributed by atoms with Gasteiger partial charge in [-0.1, -0.05) is 5.11 Å². The fourth-order valence-corrected chi connectivity index (χ4v) is 2.04. The van der Waals surface area contributed by atoms with E-state index in [0.717, 1.165) is 0 Å². The van der Waals surface area contributed by atoms with E-state index in [1.54, 1.807) is 0 Å². The van der Waals surface area contributed by atoms with Crippen LogP contribution in [0, 0.1) is 0 Å². The fourth-order valence-electron chi connectivity index (χ4n) is 2.04. The lowest BCUT2D eigenvalue weighted by Gasteiger charge is -2.38. The number of hydrogen-bond acceptors (Lipinski definition) is 8. The fraction of sp³-hybridized carbons (Fsp3) is 0.750. The quantitative estimate of drug-likeness (QED) is 0.241. The van der Waals surface area contributed by atoms with Gasteiger partial charge in [0.1, 0.15) is 25.0 Å². The zero-order chi connectivity index (χ0) is 16.7. The monoisotopic (exact) mass is 315 g/mol. The maximum Gasteiger partial charge on any atom is 0.303 e. The zero-order valence-corrected chi connectivity index (χ0v) is 12.4. The van der Waals surface area contributed by atoms with Gasteiger partial charge in [-0.25, -0.2) is 0 Å². The molecule has 0 aromatic heterocycles. The predicted molar refractivity (Wildman–Crippen MR) is 70.2 cm³/mol. The Kier molecular flexibility index (Phi) is 6.61. The molecule has 1 rings (SSSR count). The van der Waals surface area contributed by atoms with Crippen LogP contribution in [-0.4, -0.2) is 49.1 Å². The van der Waals surface area contributed by atoms with Crippen molar-refractivity contribution in [2.24, 2.45) is 5.11 Å². The Morgan fingerprint density at radius 3 is 2.32 bits per heavy atom. The van der Waals surface area contributed by atoms with E-state index in [4.69, 9.17) is 24.5 Å². The van der Waals surface area contributed by atoms with Gasteiger partial charge in [0.05, 0.1) is 0 Å². The minimum absolute atomic E-state index is 0.0260. The Morgan fingerprint density at radius 1 is 1.18 bits per heavy atom. The molecule has 0 aliphatic carbocycles. The van der Waals surface area contributed by atoms with Gasteiger partial charge in [0.2, 0.25) is 0 Å². The van der Waals surface area contributed by atoms with E-state index in [-0.39, 0.29) is 13.0 Å². The van der Waals surface area contributed by atoms with Gasteiger partial charge < -0.3 is 18.9 Å². The van der Waals surface area contributed by atoms with Crippen LogP contribution in [0.5, 0.6) is 0 Å². The molecule has 0 aromatic rings. The third kappa shape index (κ3) is 5.58. The first-order valence-corrected chi connectivity index (χ1v) is 6.51. The van der Waals surface area contributed by atoms with E-state index in [1.807, 2.05) is 0 Å². The second-order valence-electron chi connectivity index (χ2n) is 4.59. The number of rotatable bonds is 5.